The van der Waals surface area contributed by atoms with Crippen molar-refractivity contribution in [2.75, 3.05) is 27.2 Å². The van der Waals surface area contributed by atoms with E-state index in [0.29, 0.717) is 12.0 Å². The van der Waals surface area contributed by atoms with Gasteiger partial charge >= 0.3 is 0 Å². The molecule has 0 bridgehead atoms. The summed E-state index contributed by atoms with van der Waals surface area (Å²) in [5, 5.41) is 3.34. The monoisotopic (exact) mass is 280 g/mol. The Morgan fingerprint density at radius 1 is 1.00 bits per heavy atom. The fourth-order valence-electron chi connectivity index (χ4n) is 3.53. The minimum Gasteiger partial charge on any atom is -0.319 e. The molecule has 1 heterocycles. The summed E-state index contributed by atoms with van der Waals surface area (Å²) < 4.78 is 0. The highest BCUT2D eigenvalue weighted by Gasteiger charge is 2.32. The molecule has 0 radical (unpaired) electrons. The van der Waals surface area contributed by atoms with Crippen LogP contribution in [0, 0.1) is 5.92 Å². The molecule has 2 heteroatoms. The van der Waals surface area contributed by atoms with Gasteiger partial charge in [-0.25, -0.2) is 0 Å². The van der Waals surface area contributed by atoms with E-state index in [0.717, 1.165) is 6.54 Å². The number of rotatable bonds is 4. The lowest BCUT2D eigenvalue weighted by Gasteiger charge is -2.25. The second-order valence-electron chi connectivity index (χ2n) is 6.02. The van der Waals surface area contributed by atoms with E-state index < -0.39 is 0 Å². The first-order valence-electron chi connectivity index (χ1n) is 7.80. The summed E-state index contributed by atoms with van der Waals surface area (Å²) in [6.45, 7) is 2.28. The average Bonchev–Trinajstić information content (AvgIpc) is 2.90. The highest BCUT2D eigenvalue weighted by Crippen LogP contribution is 2.36. The Bertz CT molecular complexity index is 560. The van der Waals surface area contributed by atoms with Gasteiger partial charge in [-0.1, -0.05) is 54.6 Å². The molecule has 2 aromatic rings. The smallest absolute Gasteiger partial charge is 0.0385 e. The van der Waals surface area contributed by atoms with Crippen LogP contribution >= 0.6 is 0 Å². The summed E-state index contributed by atoms with van der Waals surface area (Å²) in [5.41, 5.74) is 4.02. The lowest BCUT2D eigenvalue weighted by molar-refractivity contribution is 0.274. The molecule has 110 valence electrons. The molecule has 1 aliphatic heterocycles. The van der Waals surface area contributed by atoms with Gasteiger partial charge in [0, 0.05) is 6.04 Å². The van der Waals surface area contributed by atoms with Gasteiger partial charge in [-0.15, -0.1) is 0 Å². The van der Waals surface area contributed by atoms with Crippen molar-refractivity contribution < 1.29 is 0 Å². The van der Waals surface area contributed by atoms with Crippen LogP contribution in [-0.4, -0.2) is 32.1 Å². The molecule has 0 aromatic heterocycles. The first-order chi connectivity index (χ1) is 10.3. The Kier molecular flexibility index (Phi) is 4.37. The standard InChI is InChI=1S/C19H24N2/c1-20-14-18-12-13-21(2)19(18)17-10-8-16(9-11-17)15-6-4-3-5-7-15/h3-11,18-20H,12-14H2,1-2H3. The topological polar surface area (TPSA) is 15.3 Å². The molecular weight excluding hydrogens is 256 g/mol. The van der Waals surface area contributed by atoms with E-state index in [1.807, 2.05) is 7.05 Å². The Balaban J connectivity index is 1.83. The van der Waals surface area contributed by atoms with Crippen molar-refractivity contribution in [3.63, 3.8) is 0 Å². The molecule has 2 unspecified atom stereocenters. The molecule has 2 nitrogen and oxygen atoms in total. The molecule has 0 aliphatic carbocycles. The maximum Gasteiger partial charge on any atom is 0.0385 e. The predicted molar refractivity (Wildman–Crippen MR) is 89.3 cm³/mol. The third-order valence-corrected chi connectivity index (χ3v) is 4.60. The Morgan fingerprint density at radius 2 is 1.67 bits per heavy atom. The SMILES string of the molecule is CNCC1CCN(C)C1c1ccc(-c2ccccc2)cc1. The van der Waals surface area contributed by atoms with Crippen LogP contribution in [0.15, 0.2) is 54.6 Å². The molecular formula is C19H24N2. The average molecular weight is 280 g/mol. The van der Waals surface area contributed by atoms with Crippen molar-refractivity contribution in [2.45, 2.75) is 12.5 Å². The van der Waals surface area contributed by atoms with E-state index >= 15 is 0 Å². The summed E-state index contributed by atoms with van der Waals surface area (Å²) in [5.74, 6) is 0.711. The number of hydrogen-bond donors (Lipinski definition) is 1. The number of hydrogen-bond acceptors (Lipinski definition) is 2. The largest absolute Gasteiger partial charge is 0.319 e. The van der Waals surface area contributed by atoms with Crippen LogP contribution in [0.25, 0.3) is 11.1 Å². The molecule has 1 aliphatic rings. The van der Waals surface area contributed by atoms with E-state index in [4.69, 9.17) is 0 Å². The number of nitrogens with zero attached hydrogens (tertiary/aromatic N) is 1. The lowest BCUT2D eigenvalue weighted by atomic mass is 9.92. The second-order valence-corrected chi connectivity index (χ2v) is 6.02. The first-order valence-corrected chi connectivity index (χ1v) is 7.80. The fourth-order valence-corrected chi connectivity index (χ4v) is 3.53. The fraction of sp³-hybridized carbons (Fsp3) is 0.368. The third kappa shape index (κ3) is 3.02. The van der Waals surface area contributed by atoms with E-state index in [2.05, 4.69) is 71.9 Å². The minimum absolute atomic E-state index is 0.544. The van der Waals surface area contributed by atoms with Gasteiger partial charge in [0.05, 0.1) is 0 Å². The normalized spacial score (nSPS) is 22.6. The molecule has 1 N–H and O–H groups in total. The third-order valence-electron chi connectivity index (χ3n) is 4.60. The zero-order valence-electron chi connectivity index (χ0n) is 12.9. The minimum atomic E-state index is 0.544. The lowest BCUT2D eigenvalue weighted by Crippen LogP contribution is -2.26. The Hall–Kier alpha value is -1.64. The zero-order valence-corrected chi connectivity index (χ0v) is 12.9. The van der Waals surface area contributed by atoms with Crippen molar-refractivity contribution >= 4 is 0 Å². The van der Waals surface area contributed by atoms with E-state index in [1.54, 1.807) is 0 Å². The zero-order chi connectivity index (χ0) is 14.7. The quantitative estimate of drug-likeness (QED) is 0.921. The summed E-state index contributed by atoms with van der Waals surface area (Å²) in [6.07, 6.45) is 1.28. The Morgan fingerprint density at radius 3 is 2.33 bits per heavy atom. The number of nitrogens with one attached hydrogen (secondary N) is 1. The second kappa shape index (κ2) is 6.42. The Labute approximate surface area is 127 Å². The van der Waals surface area contributed by atoms with Crippen LogP contribution in [0.1, 0.15) is 18.0 Å². The molecule has 3 rings (SSSR count). The first kappa shape index (κ1) is 14.3. The number of likely N-dealkylation sites (tertiary alicyclic amines) is 1. The molecule has 2 aromatic carbocycles. The van der Waals surface area contributed by atoms with Crippen molar-refractivity contribution in [1.82, 2.24) is 10.2 Å². The van der Waals surface area contributed by atoms with E-state index in [1.165, 1.54) is 29.7 Å². The van der Waals surface area contributed by atoms with Crippen LogP contribution in [0.3, 0.4) is 0 Å². The highest BCUT2D eigenvalue weighted by molar-refractivity contribution is 5.63. The maximum atomic E-state index is 3.34. The summed E-state index contributed by atoms with van der Waals surface area (Å²) >= 11 is 0. The molecule has 2 atom stereocenters. The van der Waals surface area contributed by atoms with Gasteiger partial charge in [0.15, 0.2) is 0 Å². The molecule has 1 saturated heterocycles. The van der Waals surface area contributed by atoms with Gasteiger partial charge in [0.25, 0.3) is 0 Å². The molecule has 1 fully saturated rings. The van der Waals surface area contributed by atoms with E-state index in [9.17, 15) is 0 Å². The van der Waals surface area contributed by atoms with Crippen molar-refractivity contribution in [1.29, 1.82) is 0 Å². The van der Waals surface area contributed by atoms with Gasteiger partial charge < -0.3 is 5.32 Å². The molecule has 0 amide bonds. The van der Waals surface area contributed by atoms with Crippen molar-refractivity contribution in [3.05, 3.63) is 60.2 Å². The van der Waals surface area contributed by atoms with E-state index in [-0.39, 0.29) is 0 Å². The van der Waals surface area contributed by atoms with Crippen molar-refractivity contribution in [3.8, 4) is 11.1 Å². The van der Waals surface area contributed by atoms with Crippen LogP contribution < -0.4 is 5.32 Å². The summed E-state index contributed by atoms with van der Waals surface area (Å²) in [7, 11) is 4.29. The van der Waals surface area contributed by atoms with Gasteiger partial charge in [-0.2, -0.15) is 0 Å². The van der Waals surface area contributed by atoms with Crippen molar-refractivity contribution in [2.24, 2.45) is 5.92 Å². The highest BCUT2D eigenvalue weighted by atomic mass is 15.2. The predicted octanol–water partition coefficient (Wildman–Crippen LogP) is 3.57. The van der Waals surface area contributed by atoms with Gasteiger partial charge in [0.1, 0.15) is 0 Å². The number of benzene rings is 2. The molecule has 21 heavy (non-hydrogen) atoms. The van der Waals surface area contributed by atoms with Gasteiger partial charge in [-0.05, 0) is 56.2 Å². The van der Waals surface area contributed by atoms with Crippen LogP contribution in [-0.2, 0) is 0 Å². The van der Waals surface area contributed by atoms with Crippen LogP contribution in [0.2, 0.25) is 0 Å². The maximum absolute atomic E-state index is 3.34. The summed E-state index contributed by atoms with van der Waals surface area (Å²) in [4.78, 5) is 2.49. The van der Waals surface area contributed by atoms with Crippen LogP contribution in [0.4, 0.5) is 0 Å². The molecule has 0 saturated carbocycles. The van der Waals surface area contributed by atoms with Crippen LogP contribution in [0.5, 0.6) is 0 Å². The van der Waals surface area contributed by atoms with Gasteiger partial charge in [-0.3, -0.25) is 4.90 Å². The van der Waals surface area contributed by atoms with Gasteiger partial charge in [0.2, 0.25) is 0 Å². The molecule has 0 spiro atoms. The summed E-state index contributed by atoms with van der Waals surface area (Å²) in [6, 6.07) is 20.3.